The zero-order valence-electron chi connectivity index (χ0n) is 8.45. The third-order valence-corrected chi connectivity index (χ3v) is 2.22. The van der Waals surface area contributed by atoms with Crippen molar-refractivity contribution in [2.24, 2.45) is 7.05 Å². The molecule has 0 atom stereocenters. The minimum Gasteiger partial charge on any atom is -0.397 e. The van der Waals surface area contributed by atoms with Gasteiger partial charge in [-0.2, -0.15) is 0 Å². The first-order valence-corrected chi connectivity index (χ1v) is 4.28. The highest BCUT2D eigenvalue weighted by Gasteiger charge is 2.14. The van der Waals surface area contributed by atoms with E-state index >= 15 is 0 Å². The minimum atomic E-state index is -0.445. The second-order valence-electron chi connectivity index (χ2n) is 3.18. The Bertz CT molecular complexity index is 558. The van der Waals surface area contributed by atoms with E-state index in [1.165, 1.54) is 18.3 Å². The number of non-ortho nitro benzene ring substituents is 1. The Balaban J connectivity index is 0.00000128. The fraction of sp³-hybridized carbons (Fsp3) is 0.111. The van der Waals surface area contributed by atoms with E-state index in [0.29, 0.717) is 11.1 Å². The third-order valence-electron chi connectivity index (χ3n) is 2.22. The van der Waals surface area contributed by atoms with E-state index in [9.17, 15) is 10.1 Å². The summed E-state index contributed by atoms with van der Waals surface area (Å²) in [5.41, 5.74) is 6.93. The first-order valence-electron chi connectivity index (χ1n) is 4.28. The summed E-state index contributed by atoms with van der Waals surface area (Å²) in [6.45, 7) is 0. The van der Waals surface area contributed by atoms with E-state index < -0.39 is 4.92 Å². The van der Waals surface area contributed by atoms with Gasteiger partial charge in [0.05, 0.1) is 16.0 Å². The van der Waals surface area contributed by atoms with Crippen LogP contribution >= 0.6 is 12.4 Å². The van der Waals surface area contributed by atoms with Crippen LogP contribution in [0.1, 0.15) is 0 Å². The molecule has 16 heavy (non-hydrogen) atoms. The fourth-order valence-corrected chi connectivity index (χ4v) is 1.43. The SMILES string of the molecule is C[n+]1ncc(N)c2cc([N+](=O)[O-])ccc21.Cl. The monoisotopic (exact) mass is 241 g/mol. The number of nitrogens with two attached hydrogens (primary N) is 1. The molecule has 2 aromatic rings. The number of benzene rings is 1. The average Bonchev–Trinajstić information content (AvgIpc) is 2.23. The van der Waals surface area contributed by atoms with E-state index in [1.54, 1.807) is 17.8 Å². The number of nitrogens with zero attached hydrogens (tertiary/aromatic N) is 3. The first-order chi connectivity index (χ1) is 7.09. The van der Waals surface area contributed by atoms with Crippen molar-refractivity contribution in [1.82, 2.24) is 5.10 Å². The van der Waals surface area contributed by atoms with Gasteiger partial charge < -0.3 is 5.73 Å². The number of aromatic nitrogens is 2. The Labute approximate surface area is 97.2 Å². The molecular formula is C9H10ClN4O2+. The van der Waals surface area contributed by atoms with Crippen LogP contribution in [0.5, 0.6) is 0 Å². The van der Waals surface area contributed by atoms with Gasteiger partial charge in [-0.15, -0.1) is 12.4 Å². The van der Waals surface area contributed by atoms with Crippen LogP contribution in [0.3, 0.4) is 0 Å². The summed E-state index contributed by atoms with van der Waals surface area (Å²) in [4.78, 5) is 10.1. The van der Waals surface area contributed by atoms with Crippen molar-refractivity contribution >= 4 is 34.7 Å². The molecule has 0 fully saturated rings. The van der Waals surface area contributed by atoms with E-state index in [2.05, 4.69) is 5.10 Å². The third kappa shape index (κ3) is 1.87. The average molecular weight is 242 g/mol. The highest BCUT2D eigenvalue weighted by molar-refractivity contribution is 5.88. The number of hydrogen-bond acceptors (Lipinski definition) is 4. The number of nitro groups is 1. The molecule has 2 N–H and O–H groups in total. The Morgan fingerprint density at radius 1 is 1.50 bits per heavy atom. The summed E-state index contributed by atoms with van der Waals surface area (Å²) in [6, 6.07) is 4.52. The Morgan fingerprint density at radius 3 is 2.81 bits per heavy atom. The molecule has 0 radical (unpaired) electrons. The summed E-state index contributed by atoms with van der Waals surface area (Å²) >= 11 is 0. The molecule has 0 unspecified atom stereocenters. The summed E-state index contributed by atoms with van der Waals surface area (Å²) in [5.74, 6) is 0. The van der Waals surface area contributed by atoms with Crippen LogP contribution in [0.15, 0.2) is 24.4 Å². The van der Waals surface area contributed by atoms with Crippen molar-refractivity contribution in [3.8, 4) is 0 Å². The van der Waals surface area contributed by atoms with Crippen LogP contribution in [0.4, 0.5) is 11.4 Å². The van der Waals surface area contributed by atoms with Crippen molar-refractivity contribution in [2.45, 2.75) is 0 Å². The molecular weight excluding hydrogens is 232 g/mol. The number of halogens is 1. The molecule has 0 aliphatic heterocycles. The van der Waals surface area contributed by atoms with Crippen molar-refractivity contribution in [3.63, 3.8) is 0 Å². The van der Waals surface area contributed by atoms with Gasteiger partial charge in [-0.1, -0.05) is 4.68 Å². The highest BCUT2D eigenvalue weighted by Crippen LogP contribution is 2.21. The van der Waals surface area contributed by atoms with Gasteiger partial charge in [-0.3, -0.25) is 10.1 Å². The van der Waals surface area contributed by atoms with Crippen molar-refractivity contribution in [2.75, 3.05) is 5.73 Å². The van der Waals surface area contributed by atoms with Gasteiger partial charge in [0, 0.05) is 18.2 Å². The molecule has 0 spiro atoms. The largest absolute Gasteiger partial charge is 0.397 e. The molecule has 2 rings (SSSR count). The van der Waals surface area contributed by atoms with Crippen LogP contribution < -0.4 is 10.4 Å². The lowest BCUT2D eigenvalue weighted by Crippen LogP contribution is -2.33. The van der Waals surface area contributed by atoms with Gasteiger partial charge in [0.2, 0.25) is 5.52 Å². The maximum atomic E-state index is 10.6. The Kier molecular flexibility index (Phi) is 3.24. The second-order valence-corrected chi connectivity index (χ2v) is 3.18. The molecule has 1 aromatic carbocycles. The summed E-state index contributed by atoms with van der Waals surface area (Å²) < 4.78 is 1.62. The Hall–Kier alpha value is -1.95. The summed E-state index contributed by atoms with van der Waals surface area (Å²) in [6.07, 6.45) is 1.48. The van der Waals surface area contributed by atoms with Crippen molar-refractivity contribution in [3.05, 3.63) is 34.5 Å². The molecule has 6 nitrogen and oxygen atoms in total. The van der Waals surface area contributed by atoms with Crippen LogP contribution in [0.25, 0.3) is 10.9 Å². The number of anilines is 1. The van der Waals surface area contributed by atoms with Gasteiger partial charge in [0.1, 0.15) is 6.20 Å². The predicted molar refractivity (Wildman–Crippen MR) is 61.2 cm³/mol. The lowest BCUT2D eigenvalue weighted by molar-refractivity contribution is -0.705. The molecule has 0 bridgehead atoms. The van der Waals surface area contributed by atoms with E-state index in [-0.39, 0.29) is 18.1 Å². The van der Waals surface area contributed by atoms with Crippen LogP contribution in [0.2, 0.25) is 0 Å². The van der Waals surface area contributed by atoms with E-state index in [4.69, 9.17) is 5.73 Å². The van der Waals surface area contributed by atoms with Crippen LogP contribution in [-0.2, 0) is 7.05 Å². The zero-order chi connectivity index (χ0) is 11.0. The van der Waals surface area contributed by atoms with E-state index in [0.717, 1.165) is 5.52 Å². The lowest BCUT2D eigenvalue weighted by atomic mass is 10.2. The zero-order valence-corrected chi connectivity index (χ0v) is 9.27. The maximum Gasteiger partial charge on any atom is 0.270 e. The predicted octanol–water partition coefficient (Wildman–Crippen LogP) is 0.971. The van der Waals surface area contributed by atoms with Crippen LogP contribution in [-0.4, -0.2) is 10.0 Å². The standard InChI is InChI=1S/C9H8N4O2.ClH/c1-12-9-3-2-6(13(14)15)4-7(9)8(10)5-11-12;/h2-5,10H,1H3;1H/p+1. The summed E-state index contributed by atoms with van der Waals surface area (Å²) in [7, 11) is 1.76. The van der Waals surface area contributed by atoms with Gasteiger partial charge in [0.15, 0.2) is 7.05 Å². The number of nitrogen functional groups attached to an aromatic ring is 1. The number of nitro benzene ring substituents is 1. The van der Waals surface area contributed by atoms with Gasteiger partial charge in [-0.25, -0.2) is 0 Å². The molecule has 0 amide bonds. The molecule has 1 heterocycles. The number of aryl methyl sites for hydroxylation is 1. The fourth-order valence-electron chi connectivity index (χ4n) is 1.43. The number of fused-ring (bicyclic) bond motifs is 1. The molecule has 0 aliphatic rings. The molecule has 1 aromatic heterocycles. The summed E-state index contributed by atoms with van der Waals surface area (Å²) in [5, 5.41) is 15.2. The quantitative estimate of drug-likeness (QED) is 0.458. The molecule has 0 saturated carbocycles. The Morgan fingerprint density at radius 2 is 2.19 bits per heavy atom. The highest BCUT2D eigenvalue weighted by atomic mass is 35.5. The smallest absolute Gasteiger partial charge is 0.270 e. The lowest BCUT2D eigenvalue weighted by Gasteiger charge is -1.98. The topological polar surface area (TPSA) is 85.9 Å². The number of rotatable bonds is 1. The molecule has 7 heteroatoms. The second kappa shape index (κ2) is 4.28. The molecule has 0 saturated heterocycles. The normalized spacial score (nSPS) is 9.81. The van der Waals surface area contributed by atoms with Gasteiger partial charge >= 0.3 is 0 Å². The maximum absolute atomic E-state index is 10.6. The van der Waals surface area contributed by atoms with Crippen molar-refractivity contribution < 1.29 is 9.61 Å². The van der Waals surface area contributed by atoms with Gasteiger partial charge in [-0.05, 0) is 5.10 Å². The van der Waals surface area contributed by atoms with Crippen molar-refractivity contribution in [1.29, 1.82) is 0 Å². The van der Waals surface area contributed by atoms with Gasteiger partial charge in [0.25, 0.3) is 5.69 Å². The molecule has 84 valence electrons. The number of hydrogen-bond donors (Lipinski definition) is 1. The first kappa shape index (κ1) is 12.1. The van der Waals surface area contributed by atoms with E-state index in [1.807, 2.05) is 0 Å². The van der Waals surface area contributed by atoms with Crippen LogP contribution in [0, 0.1) is 10.1 Å². The molecule has 0 aliphatic carbocycles. The minimum absolute atomic E-state index is 0.